The first-order valence-electron chi connectivity index (χ1n) is 3.55. The monoisotopic (exact) mass is 180 g/mol. The van der Waals surface area contributed by atoms with Gasteiger partial charge in [0, 0.05) is 0 Å². The fourth-order valence-electron chi connectivity index (χ4n) is 0.805. The van der Waals surface area contributed by atoms with E-state index in [4.69, 9.17) is 5.84 Å². The molecule has 0 aliphatic carbocycles. The summed E-state index contributed by atoms with van der Waals surface area (Å²) in [6, 6.07) is 5.83. The SMILES string of the molecule is C=C(N/N=N\N)c1ccc(F)cc1. The van der Waals surface area contributed by atoms with E-state index in [1.54, 1.807) is 12.1 Å². The molecule has 13 heavy (non-hydrogen) atoms. The standard InChI is InChI=1S/C8H9FN4/c1-6(11-13-12-10)7-2-4-8(9)5-3-7/h2-5H,1H2,(H2,10,13)(H,11,12). The Hall–Kier alpha value is -1.91. The molecule has 0 saturated carbocycles. The van der Waals surface area contributed by atoms with E-state index in [9.17, 15) is 4.39 Å². The second-order valence-corrected chi connectivity index (χ2v) is 2.31. The summed E-state index contributed by atoms with van der Waals surface area (Å²) in [4.78, 5) is 0. The zero-order valence-corrected chi connectivity index (χ0v) is 6.87. The van der Waals surface area contributed by atoms with E-state index in [-0.39, 0.29) is 5.82 Å². The lowest BCUT2D eigenvalue weighted by Crippen LogP contribution is -2.02. The van der Waals surface area contributed by atoms with Gasteiger partial charge in [-0.1, -0.05) is 17.0 Å². The summed E-state index contributed by atoms with van der Waals surface area (Å²) in [5, 5.41) is 6.33. The van der Waals surface area contributed by atoms with E-state index in [0.717, 1.165) is 5.56 Å². The molecule has 0 fully saturated rings. The van der Waals surface area contributed by atoms with Gasteiger partial charge in [0.05, 0.1) is 5.70 Å². The molecular weight excluding hydrogens is 171 g/mol. The highest BCUT2D eigenvalue weighted by molar-refractivity contribution is 5.60. The largest absolute Gasteiger partial charge is 0.303 e. The van der Waals surface area contributed by atoms with Gasteiger partial charge in [-0.05, 0) is 29.8 Å². The number of hydrogen-bond donors (Lipinski definition) is 2. The van der Waals surface area contributed by atoms with Crippen molar-refractivity contribution in [3.63, 3.8) is 0 Å². The Bertz CT molecular complexity index is 317. The van der Waals surface area contributed by atoms with E-state index in [1.165, 1.54) is 12.1 Å². The Morgan fingerprint density at radius 3 is 2.54 bits per heavy atom. The lowest BCUT2D eigenvalue weighted by atomic mass is 10.2. The number of nitrogens with two attached hydrogens (primary N) is 1. The van der Waals surface area contributed by atoms with E-state index in [1.807, 2.05) is 0 Å². The van der Waals surface area contributed by atoms with Gasteiger partial charge in [0.25, 0.3) is 0 Å². The summed E-state index contributed by atoms with van der Waals surface area (Å²) in [7, 11) is 0. The zero-order valence-electron chi connectivity index (χ0n) is 6.87. The maximum absolute atomic E-state index is 12.5. The fourth-order valence-corrected chi connectivity index (χ4v) is 0.805. The molecule has 0 bridgehead atoms. The van der Waals surface area contributed by atoms with Gasteiger partial charge in [0.15, 0.2) is 0 Å². The van der Waals surface area contributed by atoms with Crippen molar-refractivity contribution < 1.29 is 4.39 Å². The normalized spacial score (nSPS) is 10.2. The molecule has 3 N–H and O–H groups in total. The molecule has 0 atom stereocenters. The zero-order chi connectivity index (χ0) is 9.68. The van der Waals surface area contributed by atoms with Crippen LogP contribution in [-0.4, -0.2) is 0 Å². The van der Waals surface area contributed by atoms with Crippen LogP contribution in [0, 0.1) is 5.82 Å². The van der Waals surface area contributed by atoms with E-state index in [2.05, 4.69) is 22.5 Å². The van der Waals surface area contributed by atoms with Crippen LogP contribution >= 0.6 is 0 Å². The van der Waals surface area contributed by atoms with Crippen LogP contribution in [0.3, 0.4) is 0 Å². The topological polar surface area (TPSA) is 62.8 Å². The first kappa shape index (κ1) is 9.18. The number of nitrogens with one attached hydrogen (secondary N) is 1. The fraction of sp³-hybridized carbons (Fsp3) is 0. The van der Waals surface area contributed by atoms with E-state index in [0.29, 0.717) is 5.70 Å². The number of nitrogens with zero attached hydrogens (tertiary/aromatic N) is 2. The van der Waals surface area contributed by atoms with Gasteiger partial charge in [-0.3, -0.25) is 5.43 Å². The number of rotatable bonds is 3. The minimum atomic E-state index is -0.294. The molecule has 0 amide bonds. The third kappa shape index (κ3) is 2.55. The average molecular weight is 180 g/mol. The van der Waals surface area contributed by atoms with Gasteiger partial charge in [-0.2, -0.15) is 0 Å². The van der Waals surface area contributed by atoms with E-state index < -0.39 is 0 Å². The molecule has 0 saturated heterocycles. The van der Waals surface area contributed by atoms with Crippen LogP contribution < -0.4 is 11.3 Å². The average Bonchev–Trinajstić information content (AvgIpc) is 2.15. The van der Waals surface area contributed by atoms with Crippen LogP contribution in [-0.2, 0) is 0 Å². The quantitative estimate of drug-likeness (QED) is 0.422. The second-order valence-electron chi connectivity index (χ2n) is 2.31. The predicted molar refractivity (Wildman–Crippen MR) is 47.6 cm³/mol. The molecule has 0 aromatic heterocycles. The molecular formula is C8H9FN4. The summed E-state index contributed by atoms with van der Waals surface area (Å²) in [5.74, 6) is 4.48. The lowest BCUT2D eigenvalue weighted by Gasteiger charge is -2.02. The first-order chi connectivity index (χ1) is 6.24. The molecule has 4 nitrogen and oxygen atoms in total. The molecule has 5 heteroatoms. The highest BCUT2D eigenvalue weighted by Gasteiger charge is 1.96. The summed E-state index contributed by atoms with van der Waals surface area (Å²) in [6.45, 7) is 3.65. The van der Waals surface area contributed by atoms with Crippen LogP contribution in [0.1, 0.15) is 5.56 Å². The van der Waals surface area contributed by atoms with Crippen molar-refractivity contribution in [2.24, 2.45) is 16.3 Å². The number of hydrogen-bond acceptors (Lipinski definition) is 2. The van der Waals surface area contributed by atoms with Crippen molar-refractivity contribution in [1.29, 1.82) is 0 Å². The third-order valence-electron chi connectivity index (χ3n) is 1.44. The highest BCUT2D eigenvalue weighted by atomic mass is 19.1. The van der Waals surface area contributed by atoms with Crippen molar-refractivity contribution >= 4 is 5.70 Å². The molecule has 1 aromatic rings. The van der Waals surface area contributed by atoms with Gasteiger partial charge in [0.1, 0.15) is 5.82 Å². The van der Waals surface area contributed by atoms with Crippen LogP contribution in [0.2, 0.25) is 0 Å². The highest BCUT2D eigenvalue weighted by Crippen LogP contribution is 2.09. The molecule has 68 valence electrons. The lowest BCUT2D eigenvalue weighted by molar-refractivity contribution is 0.627. The molecule has 0 unspecified atom stereocenters. The molecule has 1 rings (SSSR count). The van der Waals surface area contributed by atoms with Gasteiger partial charge in [-0.25, -0.2) is 4.39 Å². The molecule has 0 aliphatic heterocycles. The summed E-state index contributed by atoms with van der Waals surface area (Å²) < 4.78 is 12.5. The molecule has 0 radical (unpaired) electrons. The Morgan fingerprint density at radius 1 is 1.38 bits per heavy atom. The smallest absolute Gasteiger partial charge is 0.123 e. The number of halogens is 1. The van der Waals surface area contributed by atoms with Crippen molar-refractivity contribution in [1.82, 2.24) is 5.43 Å². The second kappa shape index (κ2) is 4.20. The first-order valence-corrected chi connectivity index (χ1v) is 3.55. The maximum Gasteiger partial charge on any atom is 0.123 e. The minimum Gasteiger partial charge on any atom is -0.303 e. The molecule has 0 heterocycles. The van der Waals surface area contributed by atoms with Gasteiger partial charge >= 0.3 is 0 Å². The van der Waals surface area contributed by atoms with Crippen molar-refractivity contribution in [2.45, 2.75) is 0 Å². The van der Waals surface area contributed by atoms with Crippen molar-refractivity contribution in [3.8, 4) is 0 Å². The maximum atomic E-state index is 12.5. The molecule has 0 aliphatic rings. The van der Waals surface area contributed by atoms with Crippen molar-refractivity contribution in [3.05, 3.63) is 42.2 Å². The summed E-state index contributed by atoms with van der Waals surface area (Å²) in [5.41, 5.74) is 3.72. The summed E-state index contributed by atoms with van der Waals surface area (Å²) >= 11 is 0. The van der Waals surface area contributed by atoms with Gasteiger partial charge in [0.2, 0.25) is 0 Å². The van der Waals surface area contributed by atoms with Gasteiger partial charge < -0.3 is 5.84 Å². The Balaban J connectivity index is 2.72. The minimum absolute atomic E-state index is 0.294. The third-order valence-corrected chi connectivity index (χ3v) is 1.44. The predicted octanol–water partition coefficient (Wildman–Crippen LogP) is 1.63. The number of benzene rings is 1. The molecule has 1 aromatic carbocycles. The van der Waals surface area contributed by atoms with Crippen molar-refractivity contribution in [2.75, 3.05) is 0 Å². The van der Waals surface area contributed by atoms with Gasteiger partial charge in [-0.15, -0.1) is 0 Å². The Kier molecular flexibility index (Phi) is 2.97. The molecule has 0 spiro atoms. The van der Waals surface area contributed by atoms with E-state index >= 15 is 0 Å². The van der Waals surface area contributed by atoms with Crippen LogP contribution in [0.25, 0.3) is 5.70 Å². The Morgan fingerprint density at radius 2 is 2.00 bits per heavy atom. The summed E-state index contributed by atoms with van der Waals surface area (Å²) in [6.07, 6.45) is 0. The Labute approximate surface area is 74.9 Å². The van der Waals surface area contributed by atoms with Crippen LogP contribution in [0.5, 0.6) is 0 Å². The van der Waals surface area contributed by atoms with Crippen LogP contribution in [0.4, 0.5) is 4.39 Å². The van der Waals surface area contributed by atoms with Crippen LogP contribution in [0.15, 0.2) is 41.3 Å².